The highest BCUT2D eigenvalue weighted by Gasteiger charge is 2.26. The van der Waals surface area contributed by atoms with Crippen molar-refractivity contribution in [2.75, 3.05) is 30.4 Å². The van der Waals surface area contributed by atoms with Gasteiger partial charge in [-0.2, -0.15) is 0 Å². The van der Waals surface area contributed by atoms with Crippen molar-refractivity contribution in [2.45, 2.75) is 24.0 Å². The van der Waals surface area contributed by atoms with Crippen LogP contribution in [-0.4, -0.2) is 45.4 Å². The maximum Gasteiger partial charge on any atom is 0.240 e. The molecule has 1 heterocycles. The number of nitrogens with zero attached hydrogens (tertiary/aromatic N) is 1. The molecule has 1 aromatic carbocycles. The monoisotopic (exact) mass is 301 g/mol. The summed E-state index contributed by atoms with van der Waals surface area (Å²) >= 11 is 0. The normalized spacial score (nSPS) is 23.9. The molecule has 1 aliphatic rings. The average molecular weight is 301 g/mol. The van der Waals surface area contributed by atoms with E-state index < -0.39 is 10.0 Å². The molecule has 0 spiro atoms. The van der Waals surface area contributed by atoms with Gasteiger partial charge in [0.15, 0.2) is 0 Å². The van der Waals surface area contributed by atoms with Crippen molar-refractivity contribution in [3.8, 4) is 0 Å². The molecule has 0 aliphatic carbocycles. The van der Waals surface area contributed by atoms with Gasteiger partial charge in [-0.25, -0.2) is 13.6 Å². The predicted octanol–water partition coefficient (Wildman–Crippen LogP) is -0.498. The van der Waals surface area contributed by atoms with Crippen LogP contribution in [0.25, 0.3) is 0 Å². The molecule has 0 saturated carbocycles. The summed E-state index contributed by atoms with van der Waals surface area (Å²) in [6.45, 7) is 2.93. The number of nitrogen functional groups attached to an aromatic ring is 1. The van der Waals surface area contributed by atoms with Crippen molar-refractivity contribution in [3.05, 3.63) is 18.2 Å². The fourth-order valence-electron chi connectivity index (χ4n) is 2.26. The molecule has 20 heavy (non-hydrogen) atoms. The highest BCUT2D eigenvalue weighted by Crippen LogP contribution is 2.27. The molecule has 2 rings (SSSR count). The SMILES string of the molecule is CC1COC(CO)CN1c1ccc(S(N)(=O)=O)c(N)c1. The van der Waals surface area contributed by atoms with Gasteiger partial charge in [0.1, 0.15) is 4.90 Å². The summed E-state index contributed by atoms with van der Waals surface area (Å²) in [5, 5.41) is 14.3. The fraction of sp³-hybridized carbons (Fsp3) is 0.500. The molecule has 1 aliphatic heterocycles. The molecule has 7 nitrogen and oxygen atoms in total. The average Bonchev–Trinajstić information content (AvgIpc) is 2.37. The minimum Gasteiger partial charge on any atom is -0.398 e. The number of primary sulfonamides is 1. The lowest BCUT2D eigenvalue weighted by Crippen LogP contribution is -2.49. The van der Waals surface area contributed by atoms with Crippen LogP contribution in [0.2, 0.25) is 0 Å². The van der Waals surface area contributed by atoms with E-state index in [0.29, 0.717) is 13.2 Å². The summed E-state index contributed by atoms with van der Waals surface area (Å²) in [5.41, 5.74) is 6.66. The minimum absolute atomic E-state index is 0.0615. The Morgan fingerprint density at radius 1 is 1.50 bits per heavy atom. The van der Waals surface area contributed by atoms with Crippen LogP contribution in [0.1, 0.15) is 6.92 Å². The first-order chi connectivity index (χ1) is 9.32. The number of anilines is 2. The Kier molecular flexibility index (Phi) is 4.19. The number of benzene rings is 1. The first kappa shape index (κ1) is 15.0. The third kappa shape index (κ3) is 3.04. The highest BCUT2D eigenvalue weighted by molar-refractivity contribution is 7.89. The van der Waals surface area contributed by atoms with Crippen molar-refractivity contribution < 1.29 is 18.3 Å². The van der Waals surface area contributed by atoms with Crippen LogP contribution in [-0.2, 0) is 14.8 Å². The number of hydrogen-bond acceptors (Lipinski definition) is 6. The summed E-state index contributed by atoms with van der Waals surface area (Å²) in [6.07, 6.45) is -0.259. The number of nitrogens with two attached hydrogens (primary N) is 2. The molecule has 0 amide bonds. The van der Waals surface area contributed by atoms with E-state index in [2.05, 4.69) is 0 Å². The molecule has 1 aromatic rings. The van der Waals surface area contributed by atoms with Crippen molar-refractivity contribution in [1.29, 1.82) is 0 Å². The zero-order chi connectivity index (χ0) is 14.9. The molecule has 0 aromatic heterocycles. The maximum atomic E-state index is 11.3. The van der Waals surface area contributed by atoms with Crippen LogP contribution in [0, 0.1) is 0 Å². The van der Waals surface area contributed by atoms with E-state index in [1.54, 1.807) is 12.1 Å². The van der Waals surface area contributed by atoms with Crippen molar-refractivity contribution >= 4 is 21.4 Å². The largest absolute Gasteiger partial charge is 0.398 e. The molecule has 0 radical (unpaired) electrons. The molecule has 2 unspecified atom stereocenters. The van der Waals surface area contributed by atoms with E-state index in [-0.39, 0.29) is 29.3 Å². The molecule has 1 saturated heterocycles. The number of ether oxygens (including phenoxy) is 1. The number of morpholine rings is 1. The molecule has 1 fully saturated rings. The Morgan fingerprint density at radius 2 is 2.20 bits per heavy atom. The van der Waals surface area contributed by atoms with Crippen molar-refractivity contribution in [1.82, 2.24) is 0 Å². The first-order valence-corrected chi connectivity index (χ1v) is 7.79. The quantitative estimate of drug-likeness (QED) is 0.648. The summed E-state index contributed by atoms with van der Waals surface area (Å²) in [4.78, 5) is 1.94. The molecular formula is C12H19N3O4S. The summed E-state index contributed by atoms with van der Waals surface area (Å²) in [7, 11) is -3.82. The van der Waals surface area contributed by atoms with E-state index in [9.17, 15) is 13.5 Å². The van der Waals surface area contributed by atoms with Crippen LogP contribution in [0.15, 0.2) is 23.1 Å². The van der Waals surface area contributed by atoms with E-state index in [1.165, 1.54) is 6.07 Å². The Hall–Kier alpha value is -1.35. The third-order valence-corrected chi connectivity index (χ3v) is 4.33. The zero-order valence-electron chi connectivity index (χ0n) is 11.2. The van der Waals surface area contributed by atoms with Gasteiger partial charge in [0.05, 0.1) is 25.0 Å². The van der Waals surface area contributed by atoms with Gasteiger partial charge in [0.25, 0.3) is 0 Å². The predicted molar refractivity (Wildman–Crippen MR) is 75.9 cm³/mol. The lowest BCUT2D eigenvalue weighted by atomic mass is 10.1. The first-order valence-electron chi connectivity index (χ1n) is 6.24. The molecule has 5 N–H and O–H groups in total. The van der Waals surface area contributed by atoms with Crippen LogP contribution >= 0.6 is 0 Å². The van der Waals surface area contributed by atoms with Crippen LogP contribution in [0.5, 0.6) is 0 Å². The molecule has 2 atom stereocenters. The van der Waals surface area contributed by atoms with E-state index in [0.717, 1.165) is 5.69 Å². The molecule has 8 heteroatoms. The second-order valence-corrected chi connectivity index (χ2v) is 6.44. The number of aliphatic hydroxyl groups is 1. The van der Waals surface area contributed by atoms with Crippen molar-refractivity contribution in [3.63, 3.8) is 0 Å². The van der Waals surface area contributed by atoms with Gasteiger partial charge in [0.2, 0.25) is 10.0 Å². The van der Waals surface area contributed by atoms with E-state index in [4.69, 9.17) is 15.6 Å². The Morgan fingerprint density at radius 3 is 2.75 bits per heavy atom. The fourth-order valence-corrected chi connectivity index (χ4v) is 2.91. The number of hydrogen-bond donors (Lipinski definition) is 3. The second-order valence-electron chi connectivity index (χ2n) is 4.91. The lowest BCUT2D eigenvalue weighted by molar-refractivity contribution is -0.0103. The van der Waals surface area contributed by atoms with Gasteiger partial charge in [-0.1, -0.05) is 0 Å². The molecule has 112 valence electrons. The summed E-state index contributed by atoms with van der Waals surface area (Å²) in [6, 6.07) is 4.75. The second kappa shape index (κ2) is 5.57. The minimum atomic E-state index is -3.82. The Balaban J connectivity index is 2.31. The van der Waals surface area contributed by atoms with Gasteiger partial charge >= 0.3 is 0 Å². The van der Waals surface area contributed by atoms with Crippen LogP contribution in [0.3, 0.4) is 0 Å². The highest BCUT2D eigenvalue weighted by atomic mass is 32.2. The van der Waals surface area contributed by atoms with E-state index >= 15 is 0 Å². The Bertz CT molecular complexity index is 590. The Labute approximate surface area is 118 Å². The molecule has 0 bridgehead atoms. The van der Waals surface area contributed by atoms with Crippen molar-refractivity contribution in [2.24, 2.45) is 5.14 Å². The smallest absolute Gasteiger partial charge is 0.240 e. The summed E-state index contributed by atoms with van der Waals surface area (Å²) in [5.74, 6) is 0. The van der Waals surface area contributed by atoms with Crippen LogP contribution in [0.4, 0.5) is 11.4 Å². The summed E-state index contributed by atoms with van der Waals surface area (Å²) < 4.78 is 28.1. The van der Waals surface area contributed by atoms with Gasteiger partial charge in [-0.05, 0) is 25.1 Å². The zero-order valence-corrected chi connectivity index (χ0v) is 12.0. The van der Waals surface area contributed by atoms with Gasteiger partial charge in [0, 0.05) is 18.3 Å². The van der Waals surface area contributed by atoms with Crippen LogP contribution < -0.4 is 15.8 Å². The lowest BCUT2D eigenvalue weighted by Gasteiger charge is -2.39. The molecular weight excluding hydrogens is 282 g/mol. The van der Waals surface area contributed by atoms with Gasteiger partial charge in [-0.15, -0.1) is 0 Å². The number of aliphatic hydroxyl groups excluding tert-OH is 1. The standard InChI is InChI=1S/C12H19N3O4S/c1-8-7-19-10(6-16)5-15(8)9-2-3-12(11(13)4-9)20(14,17)18/h2-4,8,10,16H,5-7,13H2,1H3,(H2,14,17,18). The van der Waals surface area contributed by atoms with E-state index in [1.807, 2.05) is 11.8 Å². The third-order valence-electron chi connectivity index (χ3n) is 3.34. The number of rotatable bonds is 3. The van der Waals surface area contributed by atoms with Gasteiger partial charge in [-0.3, -0.25) is 0 Å². The topological polar surface area (TPSA) is 119 Å². The maximum absolute atomic E-state index is 11.3. The van der Waals surface area contributed by atoms with Gasteiger partial charge < -0.3 is 20.5 Å². The number of sulfonamides is 1.